The molecule has 0 aliphatic carbocycles. The topological polar surface area (TPSA) is 59.2 Å². The monoisotopic (exact) mass is 361 g/mol. The lowest BCUT2D eigenvalue weighted by Crippen LogP contribution is -2.24. The van der Waals surface area contributed by atoms with E-state index in [9.17, 15) is 4.79 Å². The van der Waals surface area contributed by atoms with E-state index in [4.69, 9.17) is 4.52 Å². The Morgan fingerprint density at radius 2 is 1.93 bits per heavy atom. The molecule has 1 atom stereocenters. The summed E-state index contributed by atoms with van der Waals surface area (Å²) < 4.78 is 5.49. The van der Waals surface area contributed by atoms with E-state index < -0.39 is 0 Å². The molecule has 2 aromatic carbocycles. The summed E-state index contributed by atoms with van der Waals surface area (Å²) in [5.41, 5.74) is 4.26. The zero-order valence-electron chi connectivity index (χ0n) is 15.8. The fraction of sp³-hybridized carbons (Fsp3) is 0.318. The third kappa shape index (κ3) is 3.50. The first-order valence-electron chi connectivity index (χ1n) is 9.32. The van der Waals surface area contributed by atoms with E-state index in [0.717, 1.165) is 16.8 Å². The van der Waals surface area contributed by atoms with Crippen LogP contribution < -0.4 is 4.90 Å². The van der Waals surface area contributed by atoms with Crippen molar-refractivity contribution in [3.8, 4) is 11.4 Å². The summed E-state index contributed by atoms with van der Waals surface area (Å²) in [5.74, 6) is 1.59. The van der Waals surface area contributed by atoms with Crippen molar-refractivity contribution < 1.29 is 9.32 Å². The smallest absolute Gasteiger partial charge is 0.232 e. The van der Waals surface area contributed by atoms with Crippen LogP contribution in [0.4, 0.5) is 5.69 Å². The van der Waals surface area contributed by atoms with Gasteiger partial charge in [0.1, 0.15) is 0 Å². The second-order valence-electron chi connectivity index (χ2n) is 7.48. The molecule has 27 heavy (non-hydrogen) atoms. The van der Waals surface area contributed by atoms with Crippen molar-refractivity contribution in [3.05, 3.63) is 65.5 Å². The lowest BCUT2D eigenvalue weighted by atomic mass is 10.0. The highest BCUT2D eigenvalue weighted by Crippen LogP contribution is 2.32. The van der Waals surface area contributed by atoms with Gasteiger partial charge < -0.3 is 9.42 Å². The lowest BCUT2D eigenvalue weighted by Gasteiger charge is -2.17. The van der Waals surface area contributed by atoms with Crippen LogP contribution in [0.5, 0.6) is 0 Å². The van der Waals surface area contributed by atoms with Gasteiger partial charge in [-0.3, -0.25) is 4.79 Å². The molecule has 5 nitrogen and oxygen atoms in total. The highest BCUT2D eigenvalue weighted by atomic mass is 16.5. The van der Waals surface area contributed by atoms with E-state index in [-0.39, 0.29) is 11.8 Å². The second kappa shape index (κ2) is 6.99. The second-order valence-corrected chi connectivity index (χ2v) is 7.48. The fourth-order valence-corrected chi connectivity index (χ4v) is 3.46. The summed E-state index contributed by atoms with van der Waals surface area (Å²) in [4.78, 5) is 18.9. The van der Waals surface area contributed by atoms with Crippen LogP contribution in [0.3, 0.4) is 0 Å². The molecular formula is C22H23N3O2. The molecule has 1 saturated heterocycles. The molecule has 0 spiro atoms. The van der Waals surface area contributed by atoms with Gasteiger partial charge in [-0.25, -0.2) is 0 Å². The standard InChI is InChI=1S/C22H23N3O2/c1-14(2)16-7-9-19(10-8-16)25-13-18(12-20(25)26)22-23-21(24-27-22)17-6-4-5-15(3)11-17/h4-11,14,18H,12-13H2,1-3H3/t18-/m0/s1. The van der Waals surface area contributed by atoms with Gasteiger partial charge in [0.15, 0.2) is 0 Å². The molecule has 0 unspecified atom stereocenters. The highest BCUT2D eigenvalue weighted by Gasteiger charge is 2.35. The zero-order chi connectivity index (χ0) is 19.0. The van der Waals surface area contributed by atoms with Gasteiger partial charge in [0, 0.05) is 24.2 Å². The molecular weight excluding hydrogens is 338 g/mol. The molecule has 0 radical (unpaired) electrons. The van der Waals surface area contributed by atoms with Crippen molar-refractivity contribution in [2.24, 2.45) is 0 Å². The first-order valence-corrected chi connectivity index (χ1v) is 9.32. The minimum atomic E-state index is -0.0756. The van der Waals surface area contributed by atoms with Gasteiger partial charge in [0.2, 0.25) is 17.6 Å². The van der Waals surface area contributed by atoms with Gasteiger partial charge in [0.05, 0.1) is 5.92 Å². The number of hydrogen-bond acceptors (Lipinski definition) is 4. The molecule has 0 saturated carbocycles. The lowest BCUT2D eigenvalue weighted by molar-refractivity contribution is -0.117. The van der Waals surface area contributed by atoms with Crippen LogP contribution in [0.15, 0.2) is 53.1 Å². The van der Waals surface area contributed by atoms with Gasteiger partial charge in [-0.1, -0.05) is 54.9 Å². The average molecular weight is 361 g/mol. The summed E-state index contributed by atoms with van der Waals surface area (Å²) in [6, 6.07) is 16.2. The molecule has 0 bridgehead atoms. The van der Waals surface area contributed by atoms with Crippen molar-refractivity contribution in [2.45, 2.75) is 39.0 Å². The Hall–Kier alpha value is -2.95. The predicted molar refractivity (Wildman–Crippen MR) is 105 cm³/mol. The number of carbonyl (C=O) groups is 1. The molecule has 1 aromatic heterocycles. The van der Waals surface area contributed by atoms with Crippen molar-refractivity contribution >= 4 is 11.6 Å². The van der Waals surface area contributed by atoms with Crippen LogP contribution >= 0.6 is 0 Å². The minimum Gasteiger partial charge on any atom is -0.339 e. The number of nitrogens with zero attached hydrogens (tertiary/aromatic N) is 3. The largest absolute Gasteiger partial charge is 0.339 e. The van der Waals surface area contributed by atoms with Gasteiger partial charge >= 0.3 is 0 Å². The summed E-state index contributed by atoms with van der Waals surface area (Å²) in [6.07, 6.45) is 0.390. The molecule has 1 fully saturated rings. The average Bonchev–Trinajstić information content (AvgIpc) is 3.29. The Morgan fingerprint density at radius 1 is 1.15 bits per heavy atom. The zero-order valence-corrected chi connectivity index (χ0v) is 15.8. The maximum atomic E-state index is 12.5. The molecule has 1 aliphatic rings. The molecule has 3 aromatic rings. The van der Waals surface area contributed by atoms with E-state index in [1.165, 1.54) is 5.56 Å². The van der Waals surface area contributed by atoms with Crippen molar-refractivity contribution in [1.82, 2.24) is 10.1 Å². The Balaban J connectivity index is 1.52. The SMILES string of the molecule is Cc1cccc(-c2noc([C@H]3CC(=O)N(c4ccc(C(C)C)cc4)C3)n2)c1. The fourth-order valence-electron chi connectivity index (χ4n) is 3.46. The van der Waals surface area contributed by atoms with Crippen LogP contribution in [-0.2, 0) is 4.79 Å². The quantitative estimate of drug-likeness (QED) is 0.676. The molecule has 1 amide bonds. The minimum absolute atomic E-state index is 0.0756. The third-order valence-electron chi connectivity index (χ3n) is 5.06. The maximum Gasteiger partial charge on any atom is 0.232 e. The van der Waals surface area contributed by atoms with Gasteiger partial charge in [-0.15, -0.1) is 0 Å². The van der Waals surface area contributed by atoms with E-state index in [1.807, 2.05) is 48.2 Å². The van der Waals surface area contributed by atoms with Crippen LogP contribution in [-0.4, -0.2) is 22.6 Å². The number of aryl methyl sites for hydroxylation is 1. The van der Waals surface area contributed by atoms with E-state index in [2.05, 4.69) is 36.1 Å². The number of amides is 1. The summed E-state index contributed by atoms with van der Waals surface area (Å²) >= 11 is 0. The van der Waals surface area contributed by atoms with Crippen LogP contribution in [0.1, 0.15) is 49.1 Å². The van der Waals surface area contributed by atoms with Crippen molar-refractivity contribution in [2.75, 3.05) is 11.4 Å². The highest BCUT2D eigenvalue weighted by molar-refractivity contribution is 5.96. The van der Waals surface area contributed by atoms with Crippen molar-refractivity contribution in [3.63, 3.8) is 0 Å². The number of carbonyl (C=O) groups excluding carboxylic acids is 1. The number of rotatable bonds is 4. The molecule has 0 N–H and O–H groups in total. The Morgan fingerprint density at radius 3 is 2.63 bits per heavy atom. The molecule has 5 heteroatoms. The van der Waals surface area contributed by atoms with Crippen LogP contribution in [0, 0.1) is 6.92 Å². The Labute approximate surface area is 159 Å². The molecule has 2 heterocycles. The predicted octanol–water partition coefficient (Wildman–Crippen LogP) is 4.69. The first-order chi connectivity index (χ1) is 13.0. The molecule has 4 rings (SSSR count). The van der Waals surface area contributed by atoms with Crippen molar-refractivity contribution in [1.29, 1.82) is 0 Å². The number of hydrogen-bond donors (Lipinski definition) is 0. The maximum absolute atomic E-state index is 12.5. The number of benzene rings is 2. The van der Waals surface area contributed by atoms with E-state index in [1.54, 1.807) is 0 Å². The van der Waals surface area contributed by atoms with Gasteiger partial charge in [-0.2, -0.15) is 4.98 Å². The Kier molecular flexibility index (Phi) is 4.52. The summed E-state index contributed by atoms with van der Waals surface area (Å²) in [6.45, 7) is 6.92. The van der Waals surface area contributed by atoms with Gasteiger partial charge in [-0.05, 0) is 36.6 Å². The van der Waals surface area contributed by atoms with Gasteiger partial charge in [0.25, 0.3) is 0 Å². The Bertz CT molecular complexity index is 960. The first kappa shape index (κ1) is 17.5. The number of aromatic nitrogens is 2. The van der Waals surface area contributed by atoms with Crippen LogP contribution in [0.2, 0.25) is 0 Å². The normalized spacial score (nSPS) is 17.1. The summed E-state index contributed by atoms with van der Waals surface area (Å²) in [5, 5.41) is 4.11. The number of anilines is 1. The van der Waals surface area contributed by atoms with E-state index >= 15 is 0 Å². The third-order valence-corrected chi connectivity index (χ3v) is 5.06. The summed E-state index contributed by atoms with van der Waals surface area (Å²) in [7, 11) is 0. The van der Waals surface area contributed by atoms with Crippen LogP contribution in [0.25, 0.3) is 11.4 Å². The molecule has 138 valence electrons. The van der Waals surface area contributed by atoms with E-state index in [0.29, 0.717) is 30.6 Å². The molecule has 1 aliphatic heterocycles.